The number of rotatable bonds is 0. The minimum absolute atomic E-state index is 1.03. The molecule has 0 saturated heterocycles. The maximum Gasteiger partial charge on any atom is -0.0171 e. The Balaban J connectivity index is 1.97. The van der Waals surface area contributed by atoms with E-state index < -0.39 is 0 Å². The fourth-order valence-corrected chi connectivity index (χ4v) is 3.50. The zero-order valence-corrected chi connectivity index (χ0v) is 6.29. The molecule has 0 amide bonds. The van der Waals surface area contributed by atoms with Gasteiger partial charge in [0.05, 0.1) is 0 Å². The summed E-state index contributed by atoms with van der Waals surface area (Å²) in [4.78, 5) is 0. The summed E-state index contributed by atoms with van der Waals surface area (Å²) in [6.07, 6.45) is 11.0. The Labute approximate surface area is 62.3 Å². The zero-order valence-electron chi connectivity index (χ0n) is 6.29. The molecule has 4 atom stereocenters. The van der Waals surface area contributed by atoms with E-state index in [1.54, 1.807) is 12.8 Å². The third-order valence-electron chi connectivity index (χ3n) is 3.92. The normalized spacial score (nSPS) is 56.0. The number of hydrogen-bond acceptors (Lipinski definition) is 0. The molecule has 0 N–H and O–H groups in total. The van der Waals surface area contributed by atoms with Crippen LogP contribution in [-0.4, -0.2) is 0 Å². The van der Waals surface area contributed by atoms with E-state index in [-0.39, 0.29) is 0 Å². The molecular weight excluding hydrogens is 120 g/mol. The molecule has 0 aliphatic heterocycles. The fourth-order valence-electron chi connectivity index (χ4n) is 3.50. The van der Waals surface area contributed by atoms with Crippen molar-refractivity contribution < 1.29 is 0 Å². The molecule has 0 aromatic rings. The average Bonchev–Trinajstić information content (AvgIpc) is 2.60. The van der Waals surface area contributed by atoms with Crippen LogP contribution < -0.4 is 0 Å². The molecule has 0 radical (unpaired) electrons. The second kappa shape index (κ2) is 1.66. The minimum atomic E-state index is 1.03. The van der Waals surface area contributed by atoms with Gasteiger partial charge in [0.1, 0.15) is 0 Å². The summed E-state index contributed by atoms with van der Waals surface area (Å²) in [5, 5.41) is 0. The highest BCUT2D eigenvalue weighted by molar-refractivity contribution is 5.11. The van der Waals surface area contributed by atoms with Gasteiger partial charge in [-0.1, -0.05) is 12.2 Å². The average molecular weight is 134 g/mol. The first kappa shape index (κ1) is 5.40. The fraction of sp³-hybridized carbons (Fsp3) is 0.800. The Morgan fingerprint density at radius 3 is 2.90 bits per heavy atom. The van der Waals surface area contributed by atoms with Crippen molar-refractivity contribution in [1.82, 2.24) is 0 Å². The van der Waals surface area contributed by atoms with Crippen LogP contribution in [0, 0.1) is 23.7 Å². The topological polar surface area (TPSA) is 0 Å². The molecule has 2 saturated carbocycles. The monoisotopic (exact) mass is 134 g/mol. The van der Waals surface area contributed by atoms with Gasteiger partial charge in [-0.15, -0.1) is 0 Å². The van der Waals surface area contributed by atoms with E-state index >= 15 is 0 Å². The highest BCUT2D eigenvalue weighted by Gasteiger charge is 2.47. The van der Waals surface area contributed by atoms with Gasteiger partial charge in [0.25, 0.3) is 0 Å². The molecule has 54 valence electrons. The van der Waals surface area contributed by atoms with Gasteiger partial charge in [-0.2, -0.15) is 0 Å². The third-order valence-corrected chi connectivity index (χ3v) is 3.92. The summed E-state index contributed by atoms with van der Waals surface area (Å²) in [6.45, 7) is 0. The smallest absolute Gasteiger partial charge is 0.0171 e. The highest BCUT2D eigenvalue weighted by Crippen LogP contribution is 2.56. The van der Waals surface area contributed by atoms with E-state index in [9.17, 15) is 0 Å². The van der Waals surface area contributed by atoms with Crippen molar-refractivity contribution in [3.05, 3.63) is 12.2 Å². The van der Waals surface area contributed by atoms with Crippen molar-refractivity contribution in [3.8, 4) is 0 Å². The molecule has 0 spiro atoms. The summed E-state index contributed by atoms with van der Waals surface area (Å²) in [7, 11) is 0. The van der Waals surface area contributed by atoms with Crippen LogP contribution >= 0.6 is 0 Å². The predicted octanol–water partition coefficient (Wildman–Crippen LogP) is 2.61. The van der Waals surface area contributed by atoms with E-state index in [1.807, 2.05) is 0 Å². The van der Waals surface area contributed by atoms with Crippen molar-refractivity contribution in [2.75, 3.05) is 0 Å². The van der Waals surface area contributed by atoms with Crippen LogP contribution in [0.3, 0.4) is 0 Å². The first-order valence-corrected chi connectivity index (χ1v) is 4.62. The Morgan fingerprint density at radius 2 is 2.00 bits per heavy atom. The Hall–Kier alpha value is -0.260. The number of fused-ring (bicyclic) bond motifs is 5. The third kappa shape index (κ3) is 0.492. The molecule has 10 heavy (non-hydrogen) atoms. The maximum atomic E-state index is 2.49. The van der Waals surface area contributed by atoms with Crippen molar-refractivity contribution in [2.45, 2.75) is 25.7 Å². The van der Waals surface area contributed by atoms with Crippen LogP contribution in [0.1, 0.15) is 25.7 Å². The van der Waals surface area contributed by atoms with Gasteiger partial charge in [0, 0.05) is 0 Å². The lowest BCUT2D eigenvalue weighted by Crippen LogP contribution is -2.16. The van der Waals surface area contributed by atoms with Crippen LogP contribution in [0.25, 0.3) is 0 Å². The molecule has 2 bridgehead atoms. The van der Waals surface area contributed by atoms with Crippen LogP contribution in [0.2, 0.25) is 0 Å². The molecule has 0 aromatic heterocycles. The van der Waals surface area contributed by atoms with Gasteiger partial charge in [-0.3, -0.25) is 0 Å². The summed E-state index contributed by atoms with van der Waals surface area (Å²) in [5.41, 5.74) is 0. The zero-order chi connectivity index (χ0) is 6.55. The predicted molar refractivity (Wildman–Crippen MR) is 41.6 cm³/mol. The summed E-state index contributed by atoms with van der Waals surface area (Å²) < 4.78 is 0. The molecule has 0 unspecified atom stereocenters. The molecule has 0 heterocycles. The van der Waals surface area contributed by atoms with Crippen molar-refractivity contribution in [1.29, 1.82) is 0 Å². The molecule has 0 aromatic carbocycles. The molecule has 2 fully saturated rings. The Kier molecular flexibility index (Phi) is 0.898. The van der Waals surface area contributed by atoms with Crippen molar-refractivity contribution in [3.63, 3.8) is 0 Å². The van der Waals surface area contributed by atoms with E-state index in [4.69, 9.17) is 0 Å². The Morgan fingerprint density at radius 1 is 1.10 bits per heavy atom. The van der Waals surface area contributed by atoms with Crippen LogP contribution in [0.15, 0.2) is 12.2 Å². The van der Waals surface area contributed by atoms with Crippen LogP contribution in [0.5, 0.6) is 0 Å². The van der Waals surface area contributed by atoms with Gasteiger partial charge >= 0.3 is 0 Å². The molecule has 0 nitrogen and oxygen atoms in total. The molecule has 3 aliphatic carbocycles. The Bertz CT molecular complexity index is 180. The lowest BCUT2D eigenvalue weighted by atomic mass is 9.82. The van der Waals surface area contributed by atoms with Gasteiger partial charge in [-0.25, -0.2) is 0 Å². The van der Waals surface area contributed by atoms with Crippen molar-refractivity contribution >= 4 is 0 Å². The molecule has 3 aliphatic rings. The summed E-state index contributed by atoms with van der Waals surface area (Å²) in [5.74, 6) is 4.36. The van der Waals surface area contributed by atoms with Gasteiger partial charge in [0.2, 0.25) is 0 Å². The van der Waals surface area contributed by atoms with E-state index in [0.29, 0.717) is 0 Å². The van der Waals surface area contributed by atoms with E-state index in [2.05, 4.69) is 12.2 Å². The summed E-state index contributed by atoms with van der Waals surface area (Å²) in [6, 6.07) is 0. The van der Waals surface area contributed by atoms with Gasteiger partial charge < -0.3 is 0 Å². The van der Waals surface area contributed by atoms with E-state index in [0.717, 1.165) is 23.7 Å². The largest absolute Gasteiger partial charge is 0.0879 e. The standard InChI is InChI=1S/C10H14/c1-2-9-7-4-5-8(6-7)10(9)3-1/h1-2,7-10H,3-6H2/t7-,8-,9-,10-/m0/s1. The minimum Gasteiger partial charge on any atom is -0.0879 e. The first-order valence-electron chi connectivity index (χ1n) is 4.62. The highest BCUT2D eigenvalue weighted by atomic mass is 14.5. The maximum absolute atomic E-state index is 2.49. The molecular formula is C10H14. The van der Waals surface area contributed by atoms with E-state index in [1.165, 1.54) is 12.8 Å². The van der Waals surface area contributed by atoms with Gasteiger partial charge in [0.15, 0.2) is 0 Å². The summed E-state index contributed by atoms with van der Waals surface area (Å²) >= 11 is 0. The van der Waals surface area contributed by atoms with Crippen LogP contribution in [0.4, 0.5) is 0 Å². The van der Waals surface area contributed by atoms with Crippen LogP contribution in [-0.2, 0) is 0 Å². The van der Waals surface area contributed by atoms with Gasteiger partial charge in [-0.05, 0) is 49.4 Å². The molecule has 3 rings (SSSR count). The number of hydrogen-bond donors (Lipinski definition) is 0. The second-order valence-corrected chi connectivity index (χ2v) is 4.24. The van der Waals surface area contributed by atoms with Crippen molar-refractivity contribution in [2.24, 2.45) is 23.7 Å². The SMILES string of the molecule is C1=C[C@H]2[C@H]3CC[C@@H](C3)[C@@H]2C1. The first-order chi connectivity index (χ1) is 4.95. The lowest BCUT2D eigenvalue weighted by molar-refractivity contribution is 0.285. The quantitative estimate of drug-likeness (QED) is 0.447. The molecule has 0 heteroatoms. The number of allylic oxidation sites excluding steroid dienone is 2. The lowest BCUT2D eigenvalue weighted by Gasteiger charge is -2.23. The second-order valence-electron chi connectivity index (χ2n) is 4.24.